The summed E-state index contributed by atoms with van der Waals surface area (Å²) in [6, 6.07) is 19.1. The highest BCUT2D eigenvalue weighted by Crippen LogP contribution is 2.36. The molecule has 11 heteroatoms. The van der Waals surface area contributed by atoms with Gasteiger partial charge in [0.05, 0.1) is 16.8 Å². The molecule has 44 heavy (non-hydrogen) atoms. The smallest absolute Gasteiger partial charge is 0.416 e. The molecule has 0 spiro atoms. The summed E-state index contributed by atoms with van der Waals surface area (Å²) in [5, 5.41) is 8.82. The lowest BCUT2D eigenvalue weighted by molar-refractivity contribution is -0.137. The summed E-state index contributed by atoms with van der Waals surface area (Å²) in [6.45, 7) is 1.57. The molecule has 1 fully saturated rings. The van der Waals surface area contributed by atoms with Crippen LogP contribution in [0.1, 0.15) is 40.0 Å². The molecule has 8 nitrogen and oxygen atoms in total. The number of anilines is 4. The van der Waals surface area contributed by atoms with E-state index >= 15 is 0 Å². The molecule has 3 heterocycles. The van der Waals surface area contributed by atoms with Gasteiger partial charge < -0.3 is 30.6 Å². The number of rotatable bonds is 7. The summed E-state index contributed by atoms with van der Waals surface area (Å²) in [6.07, 6.45) is 0.0912. The molecular formula is C33H30F3N5O3. The Morgan fingerprint density at radius 2 is 1.75 bits per heavy atom. The lowest BCUT2D eigenvalue weighted by Crippen LogP contribution is -2.35. The number of amides is 2. The fourth-order valence-electron chi connectivity index (χ4n) is 5.31. The van der Waals surface area contributed by atoms with Crippen LogP contribution >= 0.6 is 0 Å². The van der Waals surface area contributed by atoms with Gasteiger partial charge in [-0.15, -0.1) is 0 Å². The Hall–Kier alpha value is -5.03. The molecule has 0 atom stereocenters. The second-order valence-electron chi connectivity index (χ2n) is 10.9. The van der Waals surface area contributed by atoms with Crippen LogP contribution in [0.4, 0.5) is 35.9 Å². The molecule has 0 bridgehead atoms. The van der Waals surface area contributed by atoms with Crippen LogP contribution < -0.4 is 20.7 Å². The third kappa shape index (κ3) is 6.63. The molecule has 1 aromatic heterocycles. The average molecular weight is 602 g/mol. The quantitative estimate of drug-likeness (QED) is 0.171. The maximum Gasteiger partial charge on any atom is 0.416 e. The van der Waals surface area contributed by atoms with E-state index in [4.69, 9.17) is 4.74 Å². The fourth-order valence-corrected chi connectivity index (χ4v) is 5.31. The highest BCUT2D eigenvalue weighted by molar-refractivity contribution is 6.35. The van der Waals surface area contributed by atoms with Gasteiger partial charge in [-0.1, -0.05) is 12.1 Å². The molecule has 0 radical (unpaired) electrons. The number of aromatic nitrogens is 1. The first kappa shape index (κ1) is 29.1. The van der Waals surface area contributed by atoms with Gasteiger partial charge in [0, 0.05) is 53.2 Å². The lowest BCUT2D eigenvalue weighted by atomic mass is 10.1. The number of hydrogen-bond acceptors (Lipinski definition) is 5. The number of carbonyl (C=O) groups excluding carboxylic acids is 2. The number of H-pyrrole nitrogens is 1. The predicted molar refractivity (Wildman–Crippen MR) is 164 cm³/mol. The van der Waals surface area contributed by atoms with Crippen molar-refractivity contribution >= 4 is 46.2 Å². The van der Waals surface area contributed by atoms with E-state index in [1.807, 2.05) is 37.4 Å². The van der Waals surface area contributed by atoms with Crippen molar-refractivity contribution in [3.8, 4) is 5.75 Å². The molecule has 0 saturated carbocycles. The van der Waals surface area contributed by atoms with E-state index < -0.39 is 17.6 Å². The van der Waals surface area contributed by atoms with Crippen LogP contribution in [0, 0.1) is 0 Å². The SMILES string of the molecule is CN1CCC(Oc2cc(C(=O)Nc3cccc(Nc4ccc5c(c4)NC(=O)/C5=C\c4ccc[nH]4)c3)cc(C(F)(F)F)c2)CC1. The second kappa shape index (κ2) is 11.9. The molecule has 4 aromatic rings. The molecule has 3 aromatic carbocycles. The molecule has 0 aliphatic carbocycles. The Kier molecular flexibility index (Phi) is 7.88. The van der Waals surface area contributed by atoms with Gasteiger partial charge in [-0.2, -0.15) is 13.2 Å². The fraction of sp³-hybridized carbons (Fsp3) is 0.212. The molecule has 226 valence electrons. The minimum Gasteiger partial charge on any atom is -0.490 e. The summed E-state index contributed by atoms with van der Waals surface area (Å²) in [4.78, 5) is 30.9. The van der Waals surface area contributed by atoms with Crippen molar-refractivity contribution < 1.29 is 27.5 Å². The minimum atomic E-state index is -4.64. The number of fused-ring (bicyclic) bond motifs is 1. The Morgan fingerprint density at radius 3 is 2.50 bits per heavy atom. The Bertz CT molecular complexity index is 1720. The summed E-state index contributed by atoms with van der Waals surface area (Å²) in [7, 11) is 1.98. The normalized spacial score (nSPS) is 16.5. The van der Waals surface area contributed by atoms with Crippen molar-refractivity contribution in [2.24, 2.45) is 0 Å². The zero-order chi connectivity index (χ0) is 30.8. The summed E-state index contributed by atoms with van der Waals surface area (Å²) >= 11 is 0. The number of aromatic amines is 1. The lowest BCUT2D eigenvalue weighted by Gasteiger charge is -2.29. The third-order valence-electron chi connectivity index (χ3n) is 7.60. The van der Waals surface area contributed by atoms with Gasteiger partial charge in [-0.05, 0) is 86.6 Å². The van der Waals surface area contributed by atoms with E-state index in [-0.39, 0.29) is 23.3 Å². The summed E-state index contributed by atoms with van der Waals surface area (Å²) in [5.41, 5.74) is 3.41. The van der Waals surface area contributed by atoms with E-state index in [0.717, 1.165) is 36.5 Å². The number of likely N-dealkylation sites (tertiary alicyclic amines) is 1. The van der Waals surface area contributed by atoms with E-state index in [2.05, 4.69) is 25.8 Å². The standard InChI is InChI=1S/C33H30F3N5O3/c1-41-12-9-26(10-13-41)44-27-15-20(14-21(16-27)33(34,35)36)31(42)39-24-5-2-4-23(17-24)38-25-7-8-28-29(18-22-6-3-11-37-22)32(43)40-30(28)19-25/h2-8,11,14-19,26,37-38H,9-10,12-13H2,1H3,(H,39,42)(H,40,43)/b29-18-. The van der Waals surface area contributed by atoms with E-state index in [1.165, 1.54) is 6.07 Å². The van der Waals surface area contributed by atoms with E-state index in [9.17, 15) is 22.8 Å². The van der Waals surface area contributed by atoms with Crippen molar-refractivity contribution in [3.63, 3.8) is 0 Å². The minimum absolute atomic E-state index is 0.0181. The van der Waals surface area contributed by atoms with Crippen molar-refractivity contribution in [2.75, 3.05) is 36.1 Å². The van der Waals surface area contributed by atoms with Gasteiger partial charge in [-0.25, -0.2) is 0 Å². The number of benzene rings is 3. The van der Waals surface area contributed by atoms with Crippen molar-refractivity contribution in [1.82, 2.24) is 9.88 Å². The first-order chi connectivity index (χ1) is 21.1. The molecule has 2 aliphatic rings. The zero-order valence-corrected chi connectivity index (χ0v) is 23.8. The maximum absolute atomic E-state index is 13.7. The number of ether oxygens (including phenoxy) is 1. The second-order valence-corrected chi connectivity index (χ2v) is 10.9. The Labute approximate surface area is 251 Å². The van der Waals surface area contributed by atoms with Gasteiger partial charge in [0.1, 0.15) is 11.9 Å². The summed E-state index contributed by atoms with van der Waals surface area (Å²) in [5.74, 6) is -0.876. The first-order valence-corrected chi connectivity index (χ1v) is 14.2. The monoisotopic (exact) mass is 601 g/mol. The zero-order valence-electron chi connectivity index (χ0n) is 23.8. The maximum atomic E-state index is 13.7. The Morgan fingerprint density at radius 1 is 0.977 bits per heavy atom. The predicted octanol–water partition coefficient (Wildman–Crippen LogP) is 7.00. The van der Waals surface area contributed by atoms with Crippen LogP contribution in [0.5, 0.6) is 5.75 Å². The van der Waals surface area contributed by atoms with Gasteiger partial charge >= 0.3 is 6.18 Å². The molecule has 0 unspecified atom stereocenters. The Balaban J connectivity index is 1.17. The molecule has 4 N–H and O–H groups in total. The number of carbonyl (C=O) groups is 2. The van der Waals surface area contributed by atoms with Crippen molar-refractivity contribution in [3.05, 3.63) is 101 Å². The topological polar surface area (TPSA) is 98.5 Å². The average Bonchev–Trinajstić information content (AvgIpc) is 3.61. The summed E-state index contributed by atoms with van der Waals surface area (Å²) < 4.78 is 47.0. The number of halogens is 3. The van der Waals surface area contributed by atoms with E-state index in [0.29, 0.717) is 41.2 Å². The van der Waals surface area contributed by atoms with Gasteiger partial charge in [0.2, 0.25) is 0 Å². The highest BCUT2D eigenvalue weighted by Gasteiger charge is 2.33. The van der Waals surface area contributed by atoms with Crippen molar-refractivity contribution in [1.29, 1.82) is 0 Å². The molecule has 2 aliphatic heterocycles. The van der Waals surface area contributed by atoms with Gasteiger partial charge in [-0.3, -0.25) is 9.59 Å². The third-order valence-corrected chi connectivity index (χ3v) is 7.60. The van der Waals surface area contributed by atoms with Crippen LogP contribution in [0.3, 0.4) is 0 Å². The van der Waals surface area contributed by atoms with Gasteiger partial charge in [0.25, 0.3) is 11.8 Å². The van der Waals surface area contributed by atoms with Gasteiger partial charge in [0.15, 0.2) is 0 Å². The number of piperidine rings is 1. The molecule has 6 rings (SSSR count). The van der Waals surface area contributed by atoms with Crippen LogP contribution in [0.2, 0.25) is 0 Å². The number of nitrogens with one attached hydrogen (secondary N) is 4. The largest absolute Gasteiger partial charge is 0.490 e. The number of nitrogens with zero attached hydrogens (tertiary/aromatic N) is 1. The van der Waals surface area contributed by atoms with Crippen LogP contribution in [-0.2, 0) is 11.0 Å². The number of alkyl halides is 3. The molecular weight excluding hydrogens is 571 g/mol. The van der Waals surface area contributed by atoms with Crippen LogP contribution in [0.15, 0.2) is 79.0 Å². The molecule has 1 saturated heterocycles. The number of hydrogen-bond donors (Lipinski definition) is 4. The first-order valence-electron chi connectivity index (χ1n) is 14.2. The van der Waals surface area contributed by atoms with Crippen LogP contribution in [-0.4, -0.2) is 47.9 Å². The van der Waals surface area contributed by atoms with E-state index in [1.54, 1.807) is 36.5 Å². The molecule has 2 amide bonds. The van der Waals surface area contributed by atoms with Crippen LogP contribution in [0.25, 0.3) is 11.6 Å². The van der Waals surface area contributed by atoms with Crippen molar-refractivity contribution in [2.45, 2.75) is 25.1 Å². The highest BCUT2D eigenvalue weighted by atomic mass is 19.4.